The van der Waals surface area contributed by atoms with Crippen molar-refractivity contribution in [2.24, 2.45) is 0 Å². The lowest BCUT2D eigenvalue weighted by Gasteiger charge is -2.38. The number of piperidine rings is 1. The Kier molecular flexibility index (Phi) is 3.76. The Balaban J connectivity index is 2.32. The van der Waals surface area contributed by atoms with Gasteiger partial charge in [-0.25, -0.2) is 4.98 Å². The summed E-state index contributed by atoms with van der Waals surface area (Å²) in [4.78, 5) is 18.5. The molecular weight excluding hydrogens is 250 g/mol. The second kappa shape index (κ2) is 5.14. The van der Waals surface area contributed by atoms with Crippen LogP contribution in [-0.4, -0.2) is 27.9 Å². The van der Waals surface area contributed by atoms with Crippen molar-refractivity contribution in [2.75, 3.05) is 5.73 Å². The average Bonchev–Trinajstić information content (AvgIpc) is 2.32. The van der Waals surface area contributed by atoms with Gasteiger partial charge in [-0.05, 0) is 45.2 Å². The Morgan fingerprint density at radius 3 is 2.61 bits per heavy atom. The van der Waals surface area contributed by atoms with Crippen molar-refractivity contribution in [1.82, 2.24) is 9.88 Å². The van der Waals surface area contributed by atoms with Crippen molar-refractivity contribution in [2.45, 2.75) is 45.2 Å². The molecule has 2 heterocycles. The number of halogens is 1. The molecule has 2 N–H and O–H groups in total. The van der Waals surface area contributed by atoms with E-state index in [1.54, 1.807) is 12.1 Å². The second-order valence-corrected chi connectivity index (χ2v) is 5.32. The number of anilines is 1. The molecular formula is C13H18ClN3O. The fraction of sp³-hybridized carbons (Fsp3) is 0.538. The number of hydrogen-bond acceptors (Lipinski definition) is 3. The number of pyridine rings is 1. The molecule has 1 aromatic rings. The van der Waals surface area contributed by atoms with Crippen molar-refractivity contribution >= 4 is 23.3 Å². The van der Waals surface area contributed by atoms with Crippen LogP contribution in [-0.2, 0) is 0 Å². The van der Waals surface area contributed by atoms with Gasteiger partial charge in [-0.3, -0.25) is 4.79 Å². The summed E-state index contributed by atoms with van der Waals surface area (Å²) in [5.41, 5.74) is 5.88. The van der Waals surface area contributed by atoms with E-state index in [9.17, 15) is 4.79 Å². The summed E-state index contributed by atoms with van der Waals surface area (Å²) in [7, 11) is 0. The molecule has 1 aliphatic rings. The van der Waals surface area contributed by atoms with E-state index in [0.717, 1.165) is 19.3 Å². The maximum absolute atomic E-state index is 12.5. The van der Waals surface area contributed by atoms with Gasteiger partial charge in [0.05, 0.1) is 5.02 Å². The lowest BCUT2D eigenvalue weighted by molar-refractivity contribution is 0.0505. The van der Waals surface area contributed by atoms with E-state index >= 15 is 0 Å². The third-order valence-corrected chi connectivity index (χ3v) is 3.80. The highest BCUT2D eigenvalue weighted by Crippen LogP contribution is 2.26. The van der Waals surface area contributed by atoms with Gasteiger partial charge in [0.15, 0.2) is 0 Å². The van der Waals surface area contributed by atoms with E-state index in [4.69, 9.17) is 17.3 Å². The van der Waals surface area contributed by atoms with Gasteiger partial charge in [-0.15, -0.1) is 0 Å². The molecule has 0 aromatic carbocycles. The minimum Gasteiger partial charge on any atom is -0.384 e. The zero-order valence-electron chi connectivity index (χ0n) is 10.7. The first-order valence-corrected chi connectivity index (χ1v) is 6.63. The van der Waals surface area contributed by atoms with Crippen molar-refractivity contribution in [3.05, 3.63) is 22.8 Å². The molecule has 0 aliphatic carbocycles. The molecule has 0 radical (unpaired) electrons. The van der Waals surface area contributed by atoms with Gasteiger partial charge in [0.2, 0.25) is 0 Å². The molecule has 98 valence electrons. The molecule has 2 rings (SSSR count). The fourth-order valence-electron chi connectivity index (χ4n) is 2.55. The molecule has 18 heavy (non-hydrogen) atoms. The molecule has 2 atom stereocenters. The molecule has 1 saturated heterocycles. The van der Waals surface area contributed by atoms with Crippen molar-refractivity contribution in [1.29, 1.82) is 0 Å². The zero-order chi connectivity index (χ0) is 13.3. The Morgan fingerprint density at radius 1 is 1.39 bits per heavy atom. The number of carbonyl (C=O) groups is 1. The van der Waals surface area contributed by atoms with Gasteiger partial charge < -0.3 is 10.6 Å². The zero-order valence-corrected chi connectivity index (χ0v) is 11.4. The van der Waals surface area contributed by atoms with E-state index in [1.807, 2.05) is 4.90 Å². The summed E-state index contributed by atoms with van der Waals surface area (Å²) < 4.78 is 0. The summed E-state index contributed by atoms with van der Waals surface area (Å²) in [6.45, 7) is 4.13. The number of nitrogens with two attached hydrogens (primary N) is 1. The monoisotopic (exact) mass is 267 g/mol. The maximum Gasteiger partial charge on any atom is 0.274 e. The predicted molar refractivity (Wildman–Crippen MR) is 72.6 cm³/mol. The first-order valence-electron chi connectivity index (χ1n) is 6.25. The Hall–Kier alpha value is -1.29. The normalized spacial score (nSPS) is 24.1. The van der Waals surface area contributed by atoms with Gasteiger partial charge in [0.25, 0.3) is 5.91 Å². The highest BCUT2D eigenvalue weighted by molar-refractivity contribution is 6.33. The van der Waals surface area contributed by atoms with Gasteiger partial charge in [0.1, 0.15) is 11.5 Å². The first-order chi connectivity index (χ1) is 8.50. The largest absolute Gasteiger partial charge is 0.384 e. The van der Waals surface area contributed by atoms with Crippen LogP contribution in [0.1, 0.15) is 43.6 Å². The van der Waals surface area contributed by atoms with Gasteiger partial charge in [-0.1, -0.05) is 11.6 Å². The first kappa shape index (κ1) is 13.1. The molecule has 0 bridgehead atoms. The van der Waals surface area contributed by atoms with E-state index < -0.39 is 0 Å². The highest BCUT2D eigenvalue weighted by atomic mass is 35.5. The SMILES string of the molecule is C[C@@H]1CCC[C@H](C)N1C(=O)c1nc(N)ccc1Cl. The molecule has 5 heteroatoms. The molecule has 0 spiro atoms. The van der Waals surface area contributed by atoms with Crippen molar-refractivity contribution < 1.29 is 4.79 Å². The quantitative estimate of drug-likeness (QED) is 0.851. The molecule has 1 aromatic heterocycles. The van der Waals surface area contributed by atoms with Crippen LogP contribution < -0.4 is 5.73 Å². The van der Waals surface area contributed by atoms with Gasteiger partial charge in [0, 0.05) is 12.1 Å². The number of hydrogen-bond donors (Lipinski definition) is 1. The smallest absolute Gasteiger partial charge is 0.274 e. The van der Waals surface area contributed by atoms with Crippen LogP contribution >= 0.6 is 11.6 Å². The fourth-order valence-corrected chi connectivity index (χ4v) is 2.74. The lowest BCUT2D eigenvalue weighted by atomic mass is 9.97. The number of aromatic nitrogens is 1. The molecule has 1 amide bonds. The summed E-state index contributed by atoms with van der Waals surface area (Å²) in [5.74, 6) is 0.201. The maximum atomic E-state index is 12.5. The van der Waals surface area contributed by atoms with Crippen molar-refractivity contribution in [3.63, 3.8) is 0 Å². The molecule has 0 saturated carbocycles. The lowest BCUT2D eigenvalue weighted by Crippen LogP contribution is -2.47. The molecule has 0 unspecified atom stereocenters. The standard InChI is InChI=1S/C13H18ClN3O/c1-8-4-3-5-9(2)17(8)13(18)12-10(14)6-7-11(15)16-12/h6-9H,3-5H2,1-2H3,(H2,15,16)/t8-,9+. The third-order valence-electron chi connectivity index (χ3n) is 3.50. The van der Waals surface area contributed by atoms with E-state index in [-0.39, 0.29) is 23.7 Å². The topological polar surface area (TPSA) is 59.2 Å². The number of likely N-dealkylation sites (tertiary alicyclic amines) is 1. The van der Waals surface area contributed by atoms with Crippen LogP contribution in [0.3, 0.4) is 0 Å². The number of amides is 1. The minimum atomic E-state index is -0.119. The van der Waals surface area contributed by atoms with Crippen LogP contribution in [0.5, 0.6) is 0 Å². The summed E-state index contributed by atoms with van der Waals surface area (Å²) in [6, 6.07) is 3.67. The van der Waals surface area contributed by atoms with E-state index in [0.29, 0.717) is 10.8 Å². The number of nitrogen functional groups attached to an aromatic ring is 1. The number of rotatable bonds is 1. The molecule has 4 nitrogen and oxygen atoms in total. The Labute approximate surface area is 112 Å². The van der Waals surface area contributed by atoms with Crippen LogP contribution in [0.15, 0.2) is 12.1 Å². The average molecular weight is 268 g/mol. The van der Waals surface area contributed by atoms with Gasteiger partial charge in [-0.2, -0.15) is 0 Å². The van der Waals surface area contributed by atoms with Crippen LogP contribution in [0.25, 0.3) is 0 Å². The third kappa shape index (κ3) is 2.43. The van der Waals surface area contributed by atoms with E-state index in [2.05, 4.69) is 18.8 Å². The predicted octanol–water partition coefficient (Wildman–Crippen LogP) is 2.72. The summed E-state index contributed by atoms with van der Waals surface area (Å²) in [5, 5.41) is 0.360. The highest BCUT2D eigenvalue weighted by Gasteiger charge is 2.31. The number of carbonyl (C=O) groups excluding carboxylic acids is 1. The van der Waals surface area contributed by atoms with Crippen LogP contribution in [0.2, 0.25) is 5.02 Å². The Morgan fingerprint density at radius 2 is 2.00 bits per heavy atom. The molecule has 1 aliphatic heterocycles. The second-order valence-electron chi connectivity index (χ2n) is 4.91. The minimum absolute atomic E-state index is 0.119. The van der Waals surface area contributed by atoms with E-state index in [1.165, 1.54) is 0 Å². The van der Waals surface area contributed by atoms with Gasteiger partial charge >= 0.3 is 0 Å². The Bertz CT molecular complexity index is 454. The number of nitrogens with zero attached hydrogens (tertiary/aromatic N) is 2. The summed E-state index contributed by atoms with van der Waals surface area (Å²) in [6.07, 6.45) is 3.20. The van der Waals surface area contributed by atoms with Crippen LogP contribution in [0.4, 0.5) is 5.82 Å². The summed E-state index contributed by atoms with van der Waals surface area (Å²) >= 11 is 6.04. The molecule has 1 fully saturated rings. The van der Waals surface area contributed by atoms with Crippen molar-refractivity contribution in [3.8, 4) is 0 Å². The van der Waals surface area contributed by atoms with Crippen LogP contribution in [0, 0.1) is 0 Å².